The number of aromatic amines is 2. The Morgan fingerprint density at radius 1 is 0.661 bits per heavy atom. The van der Waals surface area contributed by atoms with Crippen LogP contribution in [0, 0.1) is 17.8 Å². The van der Waals surface area contributed by atoms with E-state index in [1.165, 1.54) is 19.2 Å². The highest BCUT2D eigenvalue weighted by Gasteiger charge is 2.40. The van der Waals surface area contributed by atoms with E-state index in [-0.39, 0.29) is 47.3 Å². The van der Waals surface area contributed by atoms with Crippen molar-refractivity contribution in [3.05, 3.63) is 72.6 Å². The molecule has 2 heterocycles. The van der Waals surface area contributed by atoms with Crippen molar-refractivity contribution in [1.82, 2.24) is 35.7 Å². The monoisotopic (exact) mass is 765 g/mol. The summed E-state index contributed by atoms with van der Waals surface area (Å²) in [6.45, 7) is 7.59. The molecule has 0 saturated heterocycles. The van der Waals surface area contributed by atoms with Gasteiger partial charge in [0.05, 0.1) is 44.0 Å². The second-order valence-corrected chi connectivity index (χ2v) is 15.7. The van der Waals surface area contributed by atoms with Gasteiger partial charge in [-0.05, 0) is 67.7 Å². The molecule has 4 N–H and O–H groups in total. The average molecular weight is 766 g/mol. The first-order chi connectivity index (χ1) is 27.0. The van der Waals surface area contributed by atoms with Crippen LogP contribution >= 0.6 is 0 Å². The van der Waals surface area contributed by atoms with E-state index in [0.717, 1.165) is 96.7 Å². The van der Waals surface area contributed by atoms with Gasteiger partial charge in [-0.15, -0.1) is 0 Å². The summed E-state index contributed by atoms with van der Waals surface area (Å²) in [4.78, 5) is 68.0. The number of hydrogen-bond donors (Lipinski definition) is 4. The number of methoxy groups -OCH3 is 2. The number of carbonyl (C=O) groups is 4. The van der Waals surface area contributed by atoms with Crippen LogP contribution in [0.1, 0.15) is 103 Å². The number of benzene rings is 2. The number of aromatic nitrogens is 4. The summed E-state index contributed by atoms with van der Waals surface area (Å²) in [5.74, 6) is 0.731. The lowest BCUT2D eigenvalue weighted by Crippen LogP contribution is -2.53. The van der Waals surface area contributed by atoms with E-state index in [2.05, 4.69) is 69.2 Å². The fourth-order valence-electron chi connectivity index (χ4n) is 8.32. The lowest BCUT2D eigenvalue weighted by Gasteiger charge is -2.35. The summed E-state index contributed by atoms with van der Waals surface area (Å²) in [7, 11) is 2.59. The van der Waals surface area contributed by atoms with Crippen molar-refractivity contribution in [2.45, 2.75) is 103 Å². The van der Waals surface area contributed by atoms with Gasteiger partial charge in [0.2, 0.25) is 5.91 Å². The van der Waals surface area contributed by atoms with Crippen molar-refractivity contribution < 1.29 is 28.7 Å². The smallest absolute Gasteiger partial charge is 0.425 e. The molecule has 2 aromatic heterocycles. The Hall–Kier alpha value is -5.46. The van der Waals surface area contributed by atoms with Gasteiger partial charge in [0.1, 0.15) is 11.6 Å². The maximum atomic E-state index is 13.8. The van der Waals surface area contributed by atoms with E-state index in [0.29, 0.717) is 0 Å². The second-order valence-electron chi connectivity index (χ2n) is 15.7. The van der Waals surface area contributed by atoms with Crippen LogP contribution in [0.15, 0.2) is 60.9 Å². The predicted octanol–water partition coefficient (Wildman–Crippen LogP) is 8.14. The van der Waals surface area contributed by atoms with E-state index in [1.807, 2.05) is 40.1 Å². The SMILES string of the molecule is COC(=O)N[C@H](C(=O)[C@H]1CCCC[C@H]1c1ncc(-c2ccc(-c3ccc(-c4cnc([C@H]5CCCC[C@H]5C(=O)N(NC(=O)OC)C(C)C)[nH]4)cc3)cc2)[nH]1)C(C)C. The molecular weight excluding hydrogens is 711 g/mol. The van der Waals surface area contributed by atoms with Crippen LogP contribution in [0.3, 0.4) is 0 Å². The molecule has 0 radical (unpaired) electrons. The zero-order valence-electron chi connectivity index (χ0n) is 33.3. The number of rotatable bonds is 11. The van der Waals surface area contributed by atoms with Gasteiger partial charge in [0.25, 0.3) is 0 Å². The van der Waals surface area contributed by atoms with Crippen LogP contribution < -0.4 is 10.7 Å². The number of hydrogen-bond acceptors (Lipinski definition) is 8. The molecule has 0 bridgehead atoms. The van der Waals surface area contributed by atoms with Gasteiger partial charge in [0, 0.05) is 29.7 Å². The minimum absolute atomic E-state index is 0.0331. The van der Waals surface area contributed by atoms with E-state index in [1.54, 1.807) is 0 Å². The molecule has 2 saturated carbocycles. The number of H-pyrrole nitrogens is 2. The number of nitrogens with one attached hydrogen (secondary N) is 4. The van der Waals surface area contributed by atoms with E-state index in [9.17, 15) is 19.2 Å². The Labute approximate surface area is 328 Å². The number of nitrogens with zero attached hydrogens (tertiary/aromatic N) is 3. The van der Waals surface area contributed by atoms with Crippen LogP contribution in [0.2, 0.25) is 0 Å². The zero-order chi connectivity index (χ0) is 39.9. The Kier molecular flexibility index (Phi) is 12.9. The molecule has 4 aromatic rings. The molecule has 0 unspecified atom stereocenters. The summed E-state index contributed by atoms with van der Waals surface area (Å²) in [6.07, 6.45) is 9.51. The topological polar surface area (TPSA) is 171 Å². The third kappa shape index (κ3) is 8.98. The van der Waals surface area contributed by atoms with Crippen molar-refractivity contribution in [3.63, 3.8) is 0 Å². The average Bonchev–Trinajstić information content (AvgIpc) is 3.93. The first-order valence-corrected chi connectivity index (χ1v) is 19.9. The van der Waals surface area contributed by atoms with Gasteiger partial charge in [0.15, 0.2) is 5.78 Å². The number of amides is 3. The lowest BCUT2D eigenvalue weighted by atomic mass is 9.73. The van der Waals surface area contributed by atoms with Crippen molar-refractivity contribution in [1.29, 1.82) is 0 Å². The highest BCUT2D eigenvalue weighted by Crippen LogP contribution is 2.40. The molecule has 2 aliphatic rings. The fraction of sp³-hybridized carbons (Fsp3) is 0.488. The molecule has 2 fully saturated rings. The summed E-state index contributed by atoms with van der Waals surface area (Å²) >= 11 is 0. The molecule has 3 amide bonds. The maximum absolute atomic E-state index is 13.8. The molecule has 13 heteroatoms. The number of ketones is 1. The number of ether oxygens (including phenoxy) is 2. The van der Waals surface area contributed by atoms with E-state index in [4.69, 9.17) is 19.4 Å². The van der Waals surface area contributed by atoms with Crippen molar-refractivity contribution in [2.75, 3.05) is 14.2 Å². The number of Topliss-reactive ketones (excluding diaryl/α,β-unsaturated/α-hetero) is 1. The van der Waals surface area contributed by atoms with Gasteiger partial charge in [-0.2, -0.15) is 0 Å². The van der Waals surface area contributed by atoms with Crippen LogP contribution in [0.5, 0.6) is 0 Å². The van der Waals surface area contributed by atoms with Crippen molar-refractivity contribution in [2.24, 2.45) is 17.8 Å². The first kappa shape index (κ1) is 40.2. The maximum Gasteiger partial charge on any atom is 0.425 e. The molecule has 56 heavy (non-hydrogen) atoms. The van der Waals surface area contributed by atoms with Crippen LogP contribution in [0.25, 0.3) is 33.6 Å². The van der Waals surface area contributed by atoms with Crippen molar-refractivity contribution in [3.8, 4) is 33.6 Å². The Balaban J connectivity index is 1.12. The van der Waals surface area contributed by atoms with Crippen LogP contribution in [-0.2, 0) is 19.1 Å². The van der Waals surface area contributed by atoms with Gasteiger partial charge < -0.3 is 24.8 Å². The van der Waals surface area contributed by atoms with Crippen LogP contribution in [-0.4, -0.2) is 75.1 Å². The molecule has 0 aliphatic heterocycles. The van der Waals surface area contributed by atoms with Crippen LogP contribution in [0.4, 0.5) is 9.59 Å². The van der Waals surface area contributed by atoms with Gasteiger partial charge in [-0.1, -0.05) is 88.1 Å². The molecule has 298 valence electrons. The highest BCUT2D eigenvalue weighted by molar-refractivity contribution is 5.90. The molecule has 0 spiro atoms. The number of imidazole rings is 2. The largest absolute Gasteiger partial charge is 0.453 e. The summed E-state index contributed by atoms with van der Waals surface area (Å²) in [6, 6.07) is 15.8. The molecule has 2 aliphatic carbocycles. The number of hydrazine groups is 1. The normalized spacial score (nSPS) is 20.3. The summed E-state index contributed by atoms with van der Waals surface area (Å²) < 4.78 is 9.55. The number of alkyl carbamates (subject to hydrolysis) is 1. The quantitative estimate of drug-likeness (QED) is 0.111. The lowest BCUT2D eigenvalue weighted by molar-refractivity contribution is -0.142. The zero-order valence-corrected chi connectivity index (χ0v) is 33.3. The van der Waals surface area contributed by atoms with E-state index < -0.39 is 18.2 Å². The molecule has 6 rings (SSSR count). The van der Waals surface area contributed by atoms with Crippen molar-refractivity contribution >= 4 is 23.9 Å². The first-order valence-electron chi connectivity index (χ1n) is 19.9. The Morgan fingerprint density at radius 2 is 1.11 bits per heavy atom. The molecule has 13 nitrogen and oxygen atoms in total. The van der Waals surface area contributed by atoms with Gasteiger partial charge >= 0.3 is 12.2 Å². The third-order valence-electron chi connectivity index (χ3n) is 11.4. The predicted molar refractivity (Wildman–Crippen MR) is 213 cm³/mol. The fourth-order valence-corrected chi connectivity index (χ4v) is 8.32. The minimum Gasteiger partial charge on any atom is -0.453 e. The molecular formula is C43H55N7O6. The minimum atomic E-state index is -0.668. The van der Waals surface area contributed by atoms with Gasteiger partial charge in [-0.3, -0.25) is 9.59 Å². The summed E-state index contributed by atoms with van der Waals surface area (Å²) in [5, 5.41) is 4.14. The Bertz CT molecular complexity index is 1830. The Morgan fingerprint density at radius 3 is 1.57 bits per heavy atom. The molecule has 2 aromatic carbocycles. The highest BCUT2D eigenvalue weighted by atomic mass is 16.5. The van der Waals surface area contributed by atoms with E-state index >= 15 is 0 Å². The second kappa shape index (κ2) is 18.0. The number of carbonyl (C=O) groups excluding carboxylic acids is 4. The standard InChI is InChI=1S/C43H55N7O6/c1-25(2)37(48-42(53)55-5)38(51)31-11-7-8-12-32(31)39-44-23-35(46-39)29-19-15-27(16-20-29)28-17-21-30(22-18-28)36-24-45-40(47-36)33-13-9-10-14-34(33)41(52)50(26(3)4)49-43(54)56-6/h15-26,31-34,37H,7-14H2,1-6H3,(H,44,46)(H,45,47)(H,48,53)(H,49,54)/t31-,32+,33-,34+,37-/m0/s1. The third-order valence-corrected chi connectivity index (χ3v) is 11.4. The molecule has 5 atom stereocenters. The van der Waals surface area contributed by atoms with Gasteiger partial charge in [-0.25, -0.2) is 30.0 Å². The summed E-state index contributed by atoms with van der Waals surface area (Å²) in [5.41, 5.74) is 8.48.